The molecule has 1 aromatic rings. The predicted octanol–water partition coefficient (Wildman–Crippen LogP) is 0.255. The summed E-state index contributed by atoms with van der Waals surface area (Å²) in [5.41, 5.74) is 4.98. The Morgan fingerprint density at radius 2 is 2.00 bits per heavy atom. The normalized spacial score (nSPS) is 13.8. The predicted molar refractivity (Wildman–Crippen MR) is 63.4 cm³/mol. The minimum absolute atomic E-state index is 0.184. The van der Waals surface area contributed by atoms with Crippen molar-refractivity contribution in [2.45, 2.75) is 43.5 Å². The third-order valence-electron chi connectivity index (χ3n) is 2.02. The molecule has 0 saturated carbocycles. The highest BCUT2D eigenvalue weighted by Gasteiger charge is 2.24. The molecule has 0 saturated heterocycles. The summed E-state index contributed by atoms with van der Waals surface area (Å²) in [6, 6.07) is 0. The van der Waals surface area contributed by atoms with Crippen molar-refractivity contribution < 1.29 is 4.79 Å². The van der Waals surface area contributed by atoms with E-state index < -0.39 is 5.91 Å². The number of primary amides is 1. The standard InChI is InChI=1S/C9H17N5OS/c1-5(6(10)15)16-8-13-12-7(14(8)11)9(2,3)4/h5H,11H2,1-4H3,(H2,10,15). The summed E-state index contributed by atoms with van der Waals surface area (Å²) in [6.07, 6.45) is 0. The van der Waals surface area contributed by atoms with E-state index in [9.17, 15) is 4.79 Å². The molecule has 1 unspecified atom stereocenters. The number of hydrogen-bond donors (Lipinski definition) is 2. The van der Waals surface area contributed by atoms with Gasteiger partial charge in [-0.15, -0.1) is 10.2 Å². The Morgan fingerprint density at radius 1 is 1.44 bits per heavy atom. The maximum atomic E-state index is 10.9. The number of aromatic nitrogens is 3. The number of nitrogen functional groups attached to an aromatic ring is 1. The van der Waals surface area contributed by atoms with Crippen LogP contribution in [-0.4, -0.2) is 26.0 Å². The summed E-state index contributed by atoms with van der Waals surface area (Å²) in [7, 11) is 0. The molecular weight excluding hydrogens is 226 g/mol. The molecule has 0 bridgehead atoms. The summed E-state index contributed by atoms with van der Waals surface area (Å²) < 4.78 is 1.41. The number of nitrogens with zero attached hydrogens (tertiary/aromatic N) is 3. The van der Waals surface area contributed by atoms with Crippen molar-refractivity contribution in [3.05, 3.63) is 5.82 Å². The molecule has 1 atom stereocenters. The number of rotatable bonds is 3. The molecule has 0 aliphatic heterocycles. The first-order valence-electron chi connectivity index (χ1n) is 4.90. The summed E-state index contributed by atoms with van der Waals surface area (Å²) in [6.45, 7) is 7.68. The third kappa shape index (κ3) is 2.66. The van der Waals surface area contributed by atoms with Gasteiger partial charge < -0.3 is 11.6 Å². The summed E-state index contributed by atoms with van der Waals surface area (Å²) >= 11 is 1.21. The van der Waals surface area contributed by atoms with Crippen molar-refractivity contribution in [2.24, 2.45) is 5.73 Å². The quantitative estimate of drug-likeness (QED) is 0.585. The van der Waals surface area contributed by atoms with Crippen LogP contribution in [0.1, 0.15) is 33.5 Å². The van der Waals surface area contributed by atoms with Gasteiger partial charge in [-0.05, 0) is 6.92 Å². The summed E-state index contributed by atoms with van der Waals surface area (Å²) in [5.74, 6) is 6.13. The van der Waals surface area contributed by atoms with Crippen molar-refractivity contribution in [1.82, 2.24) is 14.9 Å². The van der Waals surface area contributed by atoms with E-state index in [4.69, 9.17) is 11.6 Å². The average molecular weight is 243 g/mol. The molecule has 1 rings (SSSR count). The van der Waals surface area contributed by atoms with Crippen LogP contribution in [0.4, 0.5) is 0 Å². The second-order valence-electron chi connectivity index (χ2n) is 4.59. The number of carbonyl (C=O) groups excluding carboxylic acids is 1. The fraction of sp³-hybridized carbons (Fsp3) is 0.667. The Bertz CT molecular complexity index is 395. The van der Waals surface area contributed by atoms with Crippen LogP contribution >= 0.6 is 11.8 Å². The van der Waals surface area contributed by atoms with Crippen LogP contribution in [0.25, 0.3) is 0 Å². The van der Waals surface area contributed by atoms with E-state index in [1.807, 2.05) is 20.8 Å². The molecule has 0 aliphatic rings. The molecule has 4 N–H and O–H groups in total. The van der Waals surface area contributed by atoms with Crippen LogP contribution in [0.5, 0.6) is 0 Å². The molecule has 6 nitrogen and oxygen atoms in total. The average Bonchev–Trinajstić information content (AvgIpc) is 2.46. The van der Waals surface area contributed by atoms with E-state index in [1.165, 1.54) is 16.4 Å². The smallest absolute Gasteiger partial charge is 0.230 e. The van der Waals surface area contributed by atoms with Gasteiger partial charge in [-0.25, -0.2) is 4.68 Å². The highest BCUT2D eigenvalue weighted by Crippen LogP contribution is 2.25. The highest BCUT2D eigenvalue weighted by atomic mass is 32.2. The Labute approximate surface area is 98.7 Å². The van der Waals surface area contributed by atoms with E-state index in [0.717, 1.165) is 0 Å². The molecular formula is C9H17N5OS. The van der Waals surface area contributed by atoms with Crippen molar-refractivity contribution in [1.29, 1.82) is 0 Å². The molecule has 90 valence electrons. The highest BCUT2D eigenvalue weighted by molar-refractivity contribution is 8.00. The molecule has 0 radical (unpaired) electrons. The second kappa shape index (κ2) is 4.32. The Kier molecular flexibility index (Phi) is 3.47. The molecule has 1 aromatic heterocycles. The summed E-state index contributed by atoms with van der Waals surface area (Å²) in [5, 5.41) is 8.08. The van der Waals surface area contributed by atoms with E-state index in [1.54, 1.807) is 6.92 Å². The first kappa shape index (κ1) is 12.8. The fourth-order valence-electron chi connectivity index (χ4n) is 1.08. The number of amides is 1. The van der Waals surface area contributed by atoms with Gasteiger partial charge in [-0.1, -0.05) is 32.5 Å². The van der Waals surface area contributed by atoms with E-state index in [0.29, 0.717) is 11.0 Å². The molecule has 0 aliphatic carbocycles. The van der Waals surface area contributed by atoms with Crippen LogP contribution in [0.15, 0.2) is 5.16 Å². The number of hydrogen-bond acceptors (Lipinski definition) is 5. The SMILES string of the molecule is CC(Sc1nnc(C(C)(C)C)n1N)C(N)=O. The molecule has 0 aromatic carbocycles. The minimum atomic E-state index is -0.398. The zero-order chi connectivity index (χ0) is 12.5. The number of carbonyl (C=O) groups is 1. The van der Waals surface area contributed by atoms with Crippen LogP contribution in [0.3, 0.4) is 0 Å². The maximum Gasteiger partial charge on any atom is 0.230 e. The van der Waals surface area contributed by atoms with Crippen LogP contribution < -0.4 is 11.6 Å². The van der Waals surface area contributed by atoms with Gasteiger partial charge in [-0.3, -0.25) is 4.79 Å². The van der Waals surface area contributed by atoms with E-state index in [-0.39, 0.29) is 10.7 Å². The Morgan fingerprint density at radius 3 is 2.38 bits per heavy atom. The first-order chi connectivity index (χ1) is 7.23. The maximum absolute atomic E-state index is 10.9. The van der Waals surface area contributed by atoms with Crippen LogP contribution in [0, 0.1) is 0 Å². The second-order valence-corrected chi connectivity index (χ2v) is 5.90. The van der Waals surface area contributed by atoms with Crippen molar-refractivity contribution in [3.8, 4) is 0 Å². The number of thioether (sulfide) groups is 1. The van der Waals surface area contributed by atoms with Gasteiger partial charge in [0.15, 0.2) is 5.82 Å². The lowest BCUT2D eigenvalue weighted by molar-refractivity contribution is -0.117. The Balaban J connectivity index is 2.93. The topological polar surface area (TPSA) is 99.8 Å². The van der Waals surface area contributed by atoms with Gasteiger partial charge in [0.05, 0.1) is 5.25 Å². The lowest BCUT2D eigenvalue weighted by Crippen LogP contribution is -2.26. The largest absolute Gasteiger partial charge is 0.369 e. The molecule has 0 fully saturated rings. The molecule has 1 amide bonds. The monoisotopic (exact) mass is 243 g/mol. The van der Waals surface area contributed by atoms with Crippen LogP contribution in [0.2, 0.25) is 0 Å². The van der Waals surface area contributed by atoms with Gasteiger partial charge in [0.2, 0.25) is 11.1 Å². The lowest BCUT2D eigenvalue weighted by Gasteiger charge is -2.16. The van der Waals surface area contributed by atoms with Gasteiger partial charge in [0.1, 0.15) is 0 Å². The Hall–Kier alpha value is -1.24. The zero-order valence-corrected chi connectivity index (χ0v) is 10.7. The van der Waals surface area contributed by atoms with Gasteiger partial charge in [0.25, 0.3) is 0 Å². The molecule has 7 heteroatoms. The third-order valence-corrected chi connectivity index (χ3v) is 3.09. The van der Waals surface area contributed by atoms with Gasteiger partial charge in [0, 0.05) is 5.41 Å². The molecule has 16 heavy (non-hydrogen) atoms. The van der Waals surface area contributed by atoms with E-state index >= 15 is 0 Å². The van der Waals surface area contributed by atoms with Crippen molar-refractivity contribution >= 4 is 17.7 Å². The fourth-order valence-corrected chi connectivity index (χ4v) is 1.81. The first-order valence-corrected chi connectivity index (χ1v) is 5.78. The minimum Gasteiger partial charge on any atom is -0.369 e. The van der Waals surface area contributed by atoms with Crippen LogP contribution in [-0.2, 0) is 10.2 Å². The zero-order valence-electron chi connectivity index (χ0n) is 9.89. The molecule has 0 spiro atoms. The van der Waals surface area contributed by atoms with Crippen molar-refractivity contribution in [2.75, 3.05) is 5.84 Å². The van der Waals surface area contributed by atoms with Gasteiger partial charge >= 0.3 is 0 Å². The van der Waals surface area contributed by atoms with E-state index in [2.05, 4.69) is 10.2 Å². The van der Waals surface area contributed by atoms with Crippen molar-refractivity contribution in [3.63, 3.8) is 0 Å². The molecule has 1 heterocycles. The lowest BCUT2D eigenvalue weighted by atomic mass is 9.96. The van der Waals surface area contributed by atoms with Gasteiger partial charge in [-0.2, -0.15) is 0 Å². The number of nitrogens with two attached hydrogens (primary N) is 2. The summed E-state index contributed by atoms with van der Waals surface area (Å²) in [4.78, 5) is 10.9.